The van der Waals surface area contributed by atoms with Gasteiger partial charge in [-0.3, -0.25) is 9.59 Å². The first kappa shape index (κ1) is 14.6. The molecule has 20 heavy (non-hydrogen) atoms. The molecule has 108 valence electrons. The summed E-state index contributed by atoms with van der Waals surface area (Å²) < 4.78 is 0. The van der Waals surface area contributed by atoms with Crippen LogP contribution in [0.4, 0.5) is 5.69 Å². The van der Waals surface area contributed by atoms with Gasteiger partial charge in [-0.1, -0.05) is 19.9 Å². The Balaban J connectivity index is 2.01. The van der Waals surface area contributed by atoms with Gasteiger partial charge >= 0.3 is 0 Å². The summed E-state index contributed by atoms with van der Waals surface area (Å²) in [6.07, 6.45) is 3.19. The van der Waals surface area contributed by atoms with Crippen LogP contribution in [-0.2, 0) is 4.79 Å². The third-order valence-corrected chi connectivity index (χ3v) is 3.75. The first-order chi connectivity index (χ1) is 9.35. The second-order valence-electron chi connectivity index (χ2n) is 6.34. The molecule has 1 aromatic rings. The van der Waals surface area contributed by atoms with E-state index in [1.54, 1.807) is 24.3 Å². The van der Waals surface area contributed by atoms with E-state index in [9.17, 15) is 9.59 Å². The van der Waals surface area contributed by atoms with Gasteiger partial charge in [0.25, 0.3) is 5.91 Å². The molecule has 0 saturated heterocycles. The summed E-state index contributed by atoms with van der Waals surface area (Å²) in [6.45, 7) is 5.92. The summed E-state index contributed by atoms with van der Waals surface area (Å²) >= 11 is 0. The lowest BCUT2D eigenvalue weighted by molar-refractivity contribution is -0.114. The molecule has 2 amide bonds. The van der Waals surface area contributed by atoms with E-state index in [0.29, 0.717) is 16.7 Å². The van der Waals surface area contributed by atoms with E-state index in [4.69, 9.17) is 0 Å². The molecule has 4 heteroatoms. The molecule has 1 atom stereocenters. The molecule has 0 spiro atoms. The van der Waals surface area contributed by atoms with Crippen molar-refractivity contribution in [1.82, 2.24) is 5.32 Å². The van der Waals surface area contributed by atoms with Crippen molar-refractivity contribution >= 4 is 17.5 Å². The number of carbonyl (C=O) groups is 2. The molecule has 1 saturated carbocycles. The number of nitrogens with one attached hydrogen (secondary N) is 2. The largest absolute Gasteiger partial charge is 0.349 e. The van der Waals surface area contributed by atoms with Crippen LogP contribution in [0, 0.1) is 5.41 Å². The van der Waals surface area contributed by atoms with Gasteiger partial charge in [-0.2, -0.15) is 0 Å². The monoisotopic (exact) mass is 274 g/mol. The zero-order valence-corrected chi connectivity index (χ0v) is 12.3. The number of hydrogen-bond acceptors (Lipinski definition) is 2. The first-order valence-electron chi connectivity index (χ1n) is 7.04. The van der Waals surface area contributed by atoms with Crippen molar-refractivity contribution in [3.8, 4) is 0 Å². The lowest BCUT2D eigenvalue weighted by Crippen LogP contribution is -2.33. The van der Waals surface area contributed by atoms with E-state index in [2.05, 4.69) is 24.5 Å². The molecule has 2 rings (SSSR count). The Morgan fingerprint density at radius 3 is 2.65 bits per heavy atom. The van der Waals surface area contributed by atoms with E-state index in [0.717, 1.165) is 19.3 Å². The minimum Gasteiger partial charge on any atom is -0.349 e. The van der Waals surface area contributed by atoms with E-state index in [1.807, 2.05) is 0 Å². The van der Waals surface area contributed by atoms with Crippen LogP contribution in [0.3, 0.4) is 0 Å². The molecular formula is C16H22N2O2. The lowest BCUT2D eigenvalue weighted by Gasteiger charge is -2.18. The molecule has 0 aliphatic heterocycles. The van der Waals surface area contributed by atoms with E-state index in [1.165, 1.54) is 6.92 Å². The maximum atomic E-state index is 12.2. The molecule has 1 aliphatic carbocycles. The summed E-state index contributed by atoms with van der Waals surface area (Å²) in [5.41, 5.74) is 1.55. The lowest BCUT2D eigenvalue weighted by atomic mass is 9.92. The number of rotatable bonds is 3. The second-order valence-corrected chi connectivity index (χ2v) is 6.34. The number of hydrogen-bond donors (Lipinski definition) is 2. The second kappa shape index (κ2) is 5.65. The van der Waals surface area contributed by atoms with Crippen molar-refractivity contribution in [2.45, 2.75) is 46.1 Å². The predicted octanol–water partition coefficient (Wildman–Crippen LogP) is 2.95. The van der Waals surface area contributed by atoms with Gasteiger partial charge < -0.3 is 10.6 Å². The Morgan fingerprint density at radius 2 is 2.05 bits per heavy atom. The summed E-state index contributed by atoms with van der Waals surface area (Å²) in [5, 5.41) is 5.77. The van der Waals surface area contributed by atoms with Crippen molar-refractivity contribution in [3.63, 3.8) is 0 Å². The summed E-state index contributed by atoms with van der Waals surface area (Å²) in [7, 11) is 0. The van der Waals surface area contributed by atoms with Crippen molar-refractivity contribution in [2.24, 2.45) is 5.41 Å². The van der Waals surface area contributed by atoms with Gasteiger partial charge in [0.05, 0.1) is 0 Å². The Hall–Kier alpha value is -1.84. The van der Waals surface area contributed by atoms with Gasteiger partial charge in [0.2, 0.25) is 5.91 Å². The van der Waals surface area contributed by atoms with E-state index < -0.39 is 0 Å². The molecule has 0 heterocycles. The van der Waals surface area contributed by atoms with Gasteiger partial charge in [0.15, 0.2) is 0 Å². The molecule has 1 aliphatic rings. The van der Waals surface area contributed by atoms with Crippen LogP contribution in [0.15, 0.2) is 24.3 Å². The van der Waals surface area contributed by atoms with Crippen LogP contribution < -0.4 is 10.6 Å². The zero-order chi connectivity index (χ0) is 14.8. The Bertz CT molecular complexity index is 523. The number of carbonyl (C=O) groups excluding carboxylic acids is 2. The highest BCUT2D eigenvalue weighted by molar-refractivity contribution is 5.96. The summed E-state index contributed by atoms with van der Waals surface area (Å²) in [6, 6.07) is 7.27. The van der Waals surface area contributed by atoms with Gasteiger partial charge in [-0.15, -0.1) is 0 Å². The predicted molar refractivity (Wildman–Crippen MR) is 79.6 cm³/mol. The number of benzene rings is 1. The maximum Gasteiger partial charge on any atom is 0.251 e. The molecule has 4 nitrogen and oxygen atoms in total. The smallest absolute Gasteiger partial charge is 0.251 e. The minimum atomic E-state index is -0.139. The third-order valence-electron chi connectivity index (χ3n) is 3.75. The Kier molecular flexibility index (Phi) is 4.12. The van der Waals surface area contributed by atoms with E-state index in [-0.39, 0.29) is 17.9 Å². The fourth-order valence-corrected chi connectivity index (χ4v) is 2.77. The van der Waals surface area contributed by atoms with E-state index >= 15 is 0 Å². The third kappa shape index (κ3) is 3.83. The maximum absolute atomic E-state index is 12.2. The highest BCUT2D eigenvalue weighted by Gasteiger charge is 2.31. The fourth-order valence-electron chi connectivity index (χ4n) is 2.77. The molecule has 1 fully saturated rings. The van der Waals surface area contributed by atoms with Crippen LogP contribution in [0.25, 0.3) is 0 Å². The normalized spacial score (nSPS) is 20.4. The molecule has 2 N–H and O–H groups in total. The Labute approximate surface area is 119 Å². The molecule has 0 radical (unpaired) electrons. The molecule has 0 aromatic heterocycles. The molecular weight excluding hydrogens is 252 g/mol. The molecule has 0 bridgehead atoms. The fraction of sp³-hybridized carbons (Fsp3) is 0.500. The average Bonchev–Trinajstić information content (AvgIpc) is 2.68. The standard InChI is InChI=1S/C16H22N2O2/c1-11(19)17-13-6-4-5-12(9-13)15(20)18-14-7-8-16(2,3)10-14/h4-6,9,14H,7-8,10H2,1-3H3,(H,17,19)(H,18,20). The topological polar surface area (TPSA) is 58.2 Å². The summed E-state index contributed by atoms with van der Waals surface area (Å²) in [4.78, 5) is 23.3. The van der Waals surface area contributed by atoms with Gasteiger partial charge in [-0.05, 0) is 42.9 Å². The molecule has 1 unspecified atom stereocenters. The Morgan fingerprint density at radius 1 is 1.30 bits per heavy atom. The van der Waals surface area contributed by atoms with Crippen LogP contribution in [0.2, 0.25) is 0 Å². The number of anilines is 1. The first-order valence-corrected chi connectivity index (χ1v) is 7.04. The van der Waals surface area contributed by atoms with Gasteiger partial charge in [0.1, 0.15) is 0 Å². The number of amides is 2. The van der Waals surface area contributed by atoms with Gasteiger partial charge in [-0.25, -0.2) is 0 Å². The van der Waals surface area contributed by atoms with Crippen LogP contribution >= 0.6 is 0 Å². The quantitative estimate of drug-likeness (QED) is 0.890. The minimum absolute atomic E-state index is 0.0695. The molecule has 1 aromatic carbocycles. The van der Waals surface area contributed by atoms with Crippen LogP contribution in [-0.4, -0.2) is 17.9 Å². The van der Waals surface area contributed by atoms with Crippen molar-refractivity contribution in [3.05, 3.63) is 29.8 Å². The van der Waals surface area contributed by atoms with Gasteiger partial charge in [0, 0.05) is 24.2 Å². The highest BCUT2D eigenvalue weighted by Crippen LogP contribution is 2.36. The van der Waals surface area contributed by atoms with Crippen molar-refractivity contribution < 1.29 is 9.59 Å². The summed E-state index contributed by atoms with van der Waals surface area (Å²) in [5.74, 6) is -0.208. The van der Waals surface area contributed by atoms with Crippen molar-refractivity contribution in [1.29, 1.82) is 0 Å². The van der Waals surface area contributed by atoms with Crippen molar-refractivity contribution in [2.75, 3.05) is 5.32 Å². The van der Waals surface area contributed by atoms with Crippen LogP contribution in [0.1, 0.15) is 50.4 Å². The zero-order valence-electron chi connectivity index (χ0n) is 12.3. The SMILES string of the molecule is CC(=O)Nc1cccc(C(=O)NC2CCC(C)(C)C2)c1. The van der Waals surface area contributed by atoms with Crippen LogP contribution in [0.5, 0.6) is 0 Å². The highest BCUT2D eigenvalue weighted by atomic mass is 16.2. The average molecular weight is 274 g/mol.